The van der Waals surface area contributed by atoms with Gasteiger partial charge in [0.25, 0.3) is 0 Å². The van der Waals surface area contributed by atoms with Crippen LogP contribution in [0.5, 0.6) is 0 Å². The van der Waals surface area contributed by atoms with Gasteiger partial charge in [-0.2, -0.15) is 0 Å². The summed E-state index contributed by atoms with van der Waals surface area (Å²) in [5, 5.41) is 25.9. The van der Waals surface area contributed by atoms with Gasteiger partial charge in [-0.3, -0.25) is 0 Å². The molecule has 522 valence electrons. The van der Waals surface area contributed by atoms with Gasteiger partial charge < -0.3 is 0 Å². The van der Waals surface area contributed by atoms with Crippen LogP contribution in [-0.2, 0) is 10.8 Å². The van der Waals surface area contributed by atoms with Gasteiger partial charge in [0.1, 0.15) is 0 Å². The molecule has 0 nitrogen and oxygen atoms in total. The molecule has 2 aliphatic carbocycles. The van der Waals surface area contributed by atoms with E-state index in [9.17, 15) is 0 Å². The number of thiophene rings is 2. The van der Waals surface area contributed by atoms with Crippen molar-refractivity contribution in [2.24, 2.45) is 0 Å². The Bertz CT molecular complexity index is 7790. The van der Waals surface area contributed by atoms with Crippen LogP contribution in [0.3, 0.4) is 0 Å². The summed E-state index contributed by atoms with van der Waals surface area (Å²) in [6.07, 6.45) is 0. The van der Waals surface area contributed by atoms with E-state index in [-0.39, 0.29) is 10.8 Å². The summed E-state index contributed by atoms with van der Waals surface area (Å²) in [5.74, 6) is 0. The molecule has 0 saturated carbocycles. The molecule has 0 spiro atoms. The summed E-state index contributed by atoms with van der Waals surface area (Å²) in [7, 11) is 0. The predicted octanol–water partition coefficient (Wildman–Crippen LogP) is 31.9. The maximum atomic E-state index is 2.55. The van der Waals surface area contributed by atoms with Crippen molar-refractivity contribution in [1.29, 1.82) is 0 Å². The normalized spacial score (nSPS) is 13.5. The average molecular weight is 1460 g/mol. The lowest BCUT2D eigenvalue weighted by Gasteiger charge is -2.24. The average Bonchev–Trinajstić information content (AvgIpc) is 1.52. The highest BCUT2D eigenvalue weighted by molar-refractivity contribution is 7.27. The molecule has 2 heterocycles. The quantitative estimate of drug-likeness (QED) is 0.140. The first-order valence-corrected chi connectivity index (χ1v) is 40.9. The van der Waals surface area contributed by atoms with Gasteiger partial charge in [0, 0.05) is 56.7 Å². The SMILES string of the molecule is CC1(C)c2cc(-c3ccc(-c4c5ccccc5c(-c5ccc6ccccc6c5)c5ccccc45)cc3)ccc2-c2c1c1ccccc1c1sc3cc(-c4ccc5c(c4)c4c(c6sc7ccccc7c65)-c5ccc(-c6ccc(-c7c8ccccc8c(-c8ccc9ccccc9c8)c8ccccc78)cc6)cc5C4(C)C)ccc3c21. The Morgan fingerprint density at radius 2 is 0.527 bits per heavy atom. The van der Waals surface area contributed by atoms with Crippen molar-refractivity contribution in [3.05, 3.63) is 374 Å². The molecular weight excluding hydrogens is 1390 g/mol. The Labute approximate surface area is 657 Å². The first-order valence-electron chi connectivity index (χ1n) is 39.3. The standard InChI is InChI=1S/C110H70S2/c1-109(2)93-60-72(65-37-43-67(44-38-65)97-77-25-9-13-29-81(77)99(82-30-14-10-26-78(82)97)75-47-41-63-21-5-7-23-69(63)57-75)50-54-88(93)102-103-91-56-52-74(62-96(91)112-107(103)87-34-18-17-33-86(87)105(102)109)71-49-53-85-92(59-71)106-104(108-101(85)90-35-19-20-36-95(90)111-108)89-55-51-73(61-94(89)110(106,3)4)66-39-45-68(46-40-66)98-79-27-11-15-31-83(79)100(84-32-16-12-28-80(84)98)76-48-42-64-22-6-8-24-70(64)58-76/h5-62H,1-4H3. The van der Waals surface area contributed by atoms with Crippen LogP contribution in [0.25, 0.3) is 227 Å². The molecule has 0 aliphatic heterocycles. The Kier molecular flexibility index (Phi) is 13.5. The molecule has 0 saturated heterocycles. The van der Waals surface area contributed by atoms with E-state index >= 15 is 0 Å². The van der Waals surface area contributed by atoms with Crippen LogP contribution in [-0.4, -0.2) is 0 Å². The van der Waals surface area contributed by atoms with Crippen LogP contribution < -0.4 is 0 Å². The van der Waals surface area contributed by atoms with Crippen molar-refractivity contribution in [1.82, 2.24) is 0 Å². The van der Waals surface area contributed by atoms with Crippen molar-refractivity contribution in [2.45, 2.75) is 38.5 Å². The van der Waals surface area contributed by atoms with Crippen LogP contribution in [0, 0.1) is 0 Å². The van der Waals surface area contributed by atoms with E-state index in [1.54, 1.807) is 0 Å². The Morgan fingerprint density at radius 1 is 0.188 bits per heavy atom. The summed E-state index contributed by atoms with van der Waals surface area (Å²) in [6, 6.07) is 134. The summed E-state index contributed by atoms with van der Waals surface area (Å²) in [4.78, 5) is 0. The van der Waals surface area contributed by atoms with Crippen LogP contribution in [0.4, 0.5) is 0 Å². The molecule has 2 aliphatic rings. The summed E-state index contributed by atoms with van der Waals surface area (Å²) in [5.41, 5.74) is 27.9. The van der Waals surface area contributed by atoms with E-state index in [4.69, 9.17) is 0 Å². The van der Waals surface area contributed by atoms with Crippen LogP contribution >= 0.6 is 22.7 Å². The largest absolute Gasteiger partial charge is 0.134 e. The minimum Gasteiger partial charge on any atom is -0.134 e. The van der Waals surface area contributed by atoms with Gasteiger partial charge in [-0.1, -0.05) is 337 Å². The van der Waals surface area contributed by atoms with Gasteiger partial charge in [0.2, 0.25) is 0 Å². The fourth-order valence-electron chi connectivity index (χ4n) is 20.6. The third kappa shape index (κ3) is 9.11. The van der Waals surface area contributed by atoms with E-state index < -0.39 is 0 Å². The number of benzene rings is 20. The molecule has 0 bridgehead atoms. The van der Waals surface area contributed by atoms with Gasteiger partial charge in [0.05, 0.1) is 0 Å². The highest BCUT2D eigenvalue weighted by Crippen LogP contribution is 2.61. The van der Waals surface area contributed by atoms with E-state index in [2.05, 4.69) is 380 Å². The third-order valence-corrected chi connectivity index (χ3v) is 28.1. The molecule has 24 rings (SSSR count). The molecule has 22 aromatic rings. The smallest absolute Gasteiger partial charge is 0.0443 e. The second-order valence-corrected chi connectivity index (χ2v) is 34.5. The second kappa shape index (κ2) is 23.7. The lowest BCUT2D eigenvalue weighted by Crippen LogP contribution is -2.15. The predicted molar refractivity (Wildman–Crippen MR) is 485 cm³/mol. The zero-order valence-corrected chi connectivity index (χ0v) is 63.9. The fourth-order valence-corrected chi connectivity index (χ4v) is 23.2. The van der Waals surface area contributed by atoms with Crippen molar-refractivity contribution in [2.75, 3.05) is 0 Å². The molecule has 0 N–H and O–H groups in total. The van der Waals surface area contributed by atoms with E-state index in [1.165, 1.54) is 249 Å². The Hall–Kier alpha value is -13.1. The van der Waals surface area contributed by atoms with E-state index in [0.29, 0.717) is 0 Å². The monoisotopic (exact) mass is 1450 g/mol. The molecule has 2 aromatic heterocycles. The first kappa shape index (κ1) is 63.8. The van der Waals surface area contributed by atoms with E-state index in [0.717, 1.165) is 0 Å². The van der Waals surface area contributed by atoms with Gasteiger partial charge in [0.15, 0.2) is 0 Å². The first-order chi connectivity index (χ1) is 55.1. The van der Waals surface area contributed by atoms with Crippen LogP contribution in [0.2, 0.25) is 0 Å². The Balaban J connectivity index is 0.593. The topological polar surface area (TPSA) is 0 Å². The highest BCUT2D eigenvalue weighted by Gasteiger charge is 2.42. The van der Waals surface area contributed by atoms with Crippen molar-refractivity contribution < 1.29 is 0 Å². The maximum Gasteiger partial charge on any atom is 0.0443 e. The Morgan fingerprint density at radius 3 is 1.03 bits per heavy atom. The van der Waals surface area contributed by atoms with Crippen molar-refractivity contribution in [3.63, 3.8) is 0 Å². The number of fused-ring (bicyclic) bond motifs is 26. The number of hydrogen-bond donors (Lipinski definition) is 0. The third-order valence-electron chi connectivity index (χ3n) is 25.7. The molecule has 0 unspecified atom stereocenters. The summed E-state index contributed by atoms with van der Waals surface area (Å²) < 4.78 is 5.38. The molecule has 112 heavy (non-hydrogen) atoms. The fraction of sp³-hybridized carbons (Fsp3) is 0.0545. The number of rotatable bonds is 7. The second-order valence-electron chi connectivity index (χ2n) is 32.4. The lowest BCUT2D eigenvalue weighted by atomic mass is 9.78. The molecule has 0 fully saturated rings. The maximum absolute atomic E-state index is 2.55. The molecule has 0 atom stereocenters. The van der Waals surface area contributed by atoms with Crippen LogP contribution in [0.15, 0.2) is 352 Å². The van der Waals surface area contributed by atoms with Crippen LogP contribution in [0.1, 0.15) is 49.9 Å². The molecule has 0 radical (unpaired) electrons. The molecular formula is C110H70S2. The summed E-state index contributed by atoms with van der Waals surface area (Å²) >= 11 is 3.92. The highest BCUT2D eigenvalue weighted by atomic mass is 32.1. The summed E-state index contributed by atoms with van der Waals surface area (Å²) in [6.45, 7) is 9.88. The van der Waals surface area contributed by atoms with Crippen molar-refractivity contribution in [3.8, 4) is 100 Å². The minimum atomic E-state index is -0.308. The van der Waals surface area contributed by atoms with E-state index in [1.807, 2.05) is 22.7 Å². The van der Waals surface area contributed by atoms with Gasteiger partial charge in [-0.25, -0.2) is 0 Å². The molecule has 2 heteroatoms. The van der Waals surface area contributed by atoms with Gasteiger partial charge in [-0.05, 0) is 245 Å². The van der Waals surface area contributed by atoms with Gasteiger partial charge in [-0.15, -0.1) is 22.7 Å². The number of hydrogen-bond acceptors (Lipinski definition) is 2. The zero-order chi connectivity index (χ0) is 74.0. The lowest BCUT2D eigenvalue weighted by molar-refractivity contribution is 0.666. The minimum absolute atomic E-state index is 0.265. The molecule has 20 aromatic carbocycles. The molecule has 0 amide bonds. The van der Waals surface area contributed by atoms with Crippen molar-refractivity contribution >= 4 is 149 Å². The zero-order valence-electron chi connectivity index (χ0n) is 62.3. The van der Waals surface area contributed by atoms with Gasteiger partial charge >= 0.3 is 0 Å².